The zero-order valence-corrected chi connectivity index (χ0v) is 7.27. The minimum atomic E-state index is -0.0000926. The molecular weight excluding hydrogens is 150 g/mol. The van der Waals surface area contributed by atoms with E-state index >= 15 is 0 Å². The van der Waals surface area contributed by atoms with Crippen molar-refractivity contribution in [1.29, 1.82) is 0 Å². The highest BCUT2D eigenvalue weighted by atomic mass is 14.8. The molecule has 66 valence electrons. The molecule has 0 saturated heterocycles. The van der Waals surface area contributed by atoms with Crippen LogP contribution in [0.5, 0.6) is 0 Å². The standard InChI is InChI=1S/C9H15N3/c1-7(10)9(11)6-8-4-2-3-5-12-8/h2-5,7,9H,6,10-11H2,1H3. The lowest BCUT2D eigenvalue weighted by molar-refractivity contribution is 0.552. The normalized spacial score (nSPS) is 15.6. The smallest absolute Gasteiger partial charge is 0.0419 e. The molecule has 0 aliphatic rings. The maximum absolute atomic E-state index is 5.78. The molecule has 3 heteroatoms. The molecule has 0 aromatic carbocycles. The Bertz CT molecular complexity index is 220. The Kier molecular flexibility index (Phi) is 3.19. The molecule has 1 heterocycles. The minimum Gasteiger partial charge on any atom is -0.327 e. The van der Waals surface area contributed by atoms with E-state index in [0.717, 1.165) is 12.1 Å². The second-order valence-corrected chi connectivity index (χ2v) is 3.05. The predicted molar refractivity (Wildman–Crippen MR) is 49.6 cm³/mol. The molecule has 0 aliphatic heterocycles. The molecule has 0 aliphatic carbocycles. The van der Waals surface area contributed by atoms with Crippen LogP contribution in [0.1, 0.15) is 12.6 Å². The van der Waals surface area contributed by atoms with Crippen LogP contribution in [0.25, 0.3) is 0 Å². The Morgan fingerprint density at radius 1 is 1.42 bits per heavy atom. The molecule has 4 N–H and O–H groups in total. The number of hydrogen-bond acceptors (Lipinski definition) is 3. The minimum absolute atomic E-state index is 0.0000926. The lowest BCUT2D eigenvalue weighted by atomic mass is 10.1. The average molecular weight is 165 g/mol. The third kappa shape index (κ3) is 2.60. The van der Waals surface area contributed by atoms with E-state index in [9.17, 15) is 0 Å². The molecule has 0 saturated carbocycles. The molecule has 0 spiro atoms. The van der Waals surface area contributed by atoms with Crippen LogP contribution in [-0.2, 0) is 6.42 Å². The van der Waals surface area contributed by atoms with Crippen molar-refractivity contribution in [3.8, 4) is 0 Å². The van der Waals surface area contributed by atoms with E-state index in [1.165, 1.54) is 0 Å². The highest BCUT2D eigenvalue weighted by molar-refractivity contribution is 5.05. The number of nitrogens with zero attached hydrogens (tertiary/aromatic N) is 1. The molecule has 0 amide bonds. The van der Waals surface area contributed by atoms with Crippen molar-refractivity contribution in [1.82, 2.24) is 4.98 Å². The summed E-state index contributed by atoms with van der Waals surface area (Å²) < 4.78 is 0. The van der Waals surface area contributed by atoms with Gasteiger partial charge in [-0.15, -0.1) is 0 Å². The van der Waals surface area contributed by atoms with Gasteiger partial charge in [0.25, 0.3) is 0 Å². The average Bonchev–Trinajstić information content (AvgIpc) is 2.06. The topological polar surface area (TPSA) is 64.9 Å². The van der Waals surface area contributed by atoms with Crippen LogP contribution in [0, 0.1) is 0 Å². The molecular formula is C9H15N3. The van der Waals surface area contributed by atoms with Crippen LogP contribution < -0.4 is 11.5 Å². The van der Waals surface area contributed by atoms with E-state index in [1.807, 2.05) is 25.1 Å². The van der Waals surface area contributed by atoms with Gasteiger partial charge in [-0.25, -0.2) is 0 Å². The fraction of sp³-hybridized carbons (Fsp3) is 0.444. The molecule has 1 aromatic heterocycles. The fourth-order valence-electron chi connectivity index (χ4n) is 0.946. The molecule has 3 nitrogen and oxygen atoms in total. The Morgan fingerprint density at radius 2 is 2.17 bits per heavy atom. The SMILES string of the molecule is CC(N)C(N)Cc1ccccn1. The summed E-state index contributed by atoms with van der Waals surface area (Å²) >= 11 is 0. The van der Waals surface area contributed by atoms with Crippen LogP contribution in [0.3, 0.4) is 0 Å². The molecule has 12 heavy (non-hydrogen) atoms. The van der Waals surface area contributed by atoms with E-state index in [-0.39, 0.29) is 12.1 Å². The third-order valence-corrected chi connectivity index (χ3v) is 1.85. The second-order valence-electron chi connectivity index (χ2n) is 3.05. The Balaban J connectivity index is 2.53. The highest BCUT2D eigenvalue weighted by Gasteiger charge is 2.08. The van der Waals surface area contributed by atoms with Gasteiger partial charge in [-0.2, -0.15) is 0 Å². The van der Waals surface area contributed by atoms with Crippen molar-refractivity contribution in [2.45, 2.75) is 25.4 Å². The Labute approximate surface area is 72.8 Å². The van der Waals surface area contributed by atoms with Crippen molar-refractivity contribution in [3.63, 3.8) is 0 Å². The molecule has 1 rings (SSSR count). The van der Waals surface area contributed by atoms with E-state index in [2.05, 4.69) is 4.98 Å². The molecule has 0 fully saturated rings. The van der Waals surface area contributed by atoms with Gasteiger partial charge in [0, 0.05) is 30.4 Å². The molecule has 2 unspecified atom stereocenters. The van der Waals surface area contributed by atoms with Crippen LogP contribution >= 0.6 is 0 Å². The van der Waals surface area contributed by atoms with Crippen molar-refractivity contribution in [2.24, 2.45) is 11.5 Å². The predicted octanol–water partition coefficient (Wildman–Crippen LogP) is 0.299. The van der Waals surface area contributed by atoms with Gasteiger partial charge in [0.1, 0.15) is 0 Å². The zero-order valence-electron chi connectivity index (χ0n) is 7.27. The van der Waals surface area contributed by atoms with Gasteiger partial charge in [0.15, 0.2) is 0 Å². The van der Waals surface area contributed by atoms with Gasteiger partial charge >= 0.3 is 0 Å². The first-order valence-corrected chi connectivity index (χ1v) is 4.11. The lowest BCUT2D eigenvalue weighted by Gasteiger charge is -2.14. The summed E-state index contributed by atoms with van der Waals surface area (Å²) in [6, 6.07) is 5.83. The van der Waals surface area contributed by atoms with Gasteiger partial charge in [-0.3, -0.25) is 4.98 Å². The quantitative estimate of drug-likeness (QED) is 0.677. The van der Waals surface area contributed by atoms with Gasteiger partial charge in [-0.05, 0) is 19.1 Å². The summed E-state index contributed by atoms with van der Waals surface area (Å²) in [5.74, 6) is 0. The summed E-state index contributed by atoms with van der Waals surface area (Å²) in [6.45, 7) is 1.91. The van der Waals surface area contributed by atoms with Crippen LogP contribution in [0.15, 0.2) is 24.4 Å². The van der Waals surface area contributed by atoms with Crippen molar-refractivity contribution >= 4 is 0 Å². The zero-order chi connectivity index (χ0) is 8.97. The maximum Gasteiger partial charge on any atom is 0.0419 e. The third-order valence-electron chi connectivity index (χ3n) is 1.85. The number of aromatic nitrogens is 1. The Morgan fingerprint density at radius 3 is 2.67 bits per heavy atom. The summed E-state index contributed by atoms with van der Waals surface area (Å²) in [5, 5.41) is 0. The summed E-state index contributed by atoms with van der Waals surface area (Å²) in [4.78, 5) is 4.17. The number of hydrogen-bond donors (Lipinski definition) is 2. The Hall–Kier alpha value is -0.930. The summed E-state index contributed by atoms with van der Waals surface area (Å²) in [5.41, 5.74) is 12.4. The van der Waals surface area contributed by atoms with E-state index in [1.54, 1.807) is 6.20 Å². The fourth-order valence-corrected chi connectivity index (χ4v) is 0.946. The first-order valence-electron chi connectivity index (χ1n) is 4.11. The second kappa shape index (κ2) is 4.18. The lowest BCUT2D eigenvalue weighted by Crippen LogP contribution is -2.40. The molecule has 0 bridgehead atoms. The van der Waals surface area contributed by atoms with Crippen molar-refractivity contribution < 1.29 is 0 Å². The molecule has 2 atom stereocenters. The van der Waals surface area contributed by atoms with Crippen molar-refractivity contribution in [3.05, 3.63) is 30.1 Å². The monoisotopic (exact) mass is 165 g/mol. The largest absolute Gasteiger partial charge is 0.327 e. The number of rotatable bonds is 3. The summed E-state index contributed by atoms with van der Waals surface area (Å²) in [7, 11) is 0. The van der Waals surface area contributed by atoms with Crippen LogP contribution in [-0.4, -0.2) is 17.1 Å². The number of nitrogens with two attached hydrogens (primary N) is 2. The van der Waals surface area contributed by atoms with Crippen LogP contribution in [0.2, 0.25) is 0 Å². The van der Waals surface area contributed by atoms with Crippen molar-refractivity contribution in [2.75, 3.05) is 0 Å². The first-order chi connectivity index (χ1) is 5.70. The van der Waals surface area contributed by atoms with Crippen LogP contribution in [0.4, 0.5) is 0 Å². The molecule has 0 radical (unpaired) electrons. The number of pyridine rings is 1. The van der Waals surface area contributed by atoms with Gasteiger partial charge < -0.3 is 11.5 Å². The van der Waals surface area contributed by atoms with E-state index < -0.39 is 0 Å². The highest BCUT2D eigenvalue weighted by Crippen LogP contribution is 1.99. The first kappa shape index (κ1) is 9.16. The van der Waals surface area contributed by atoms with Gasteiger partial charge in [-0.1, -0.05) is 6.07 Å². The van der Waals surface area contributed by atoms with Gasteiger partial charge in [0.2, 0.25) is 0 Å². The van der Waals surface area contributed by atoms with E-state index in [0.29, 0.717) is 0 Å². The van der Waals surface area contributed by atoms with E-state index in [4.69, 9.17) is 11.5 Å². The molecule has 1 aromatic rings. The summed E-state index contributed by atoms with van der Waals surface area (Å²) in [6.07, 6.45) is 2.52. The maximum atomic E-state index is 5.78. The van der Waals surface area contributed by atoms with Gasteiger partial charge in [0.05, 0.1) is 0 Å².